The zero-order valence-electron chi connectivity index (χ0n) is 12.0. The Hall–Kier alpha value is -1.43. The number of piperidine rings is 1. The van der Waals surface area contributed by atoms with E-state index in [9.17, 15) is 14.7 Å². The van der Waals surface area contributed by atoms with Crippen LogP contribution in [0.1, 0.15) is 43.0 Å². The highest BCUT2D eigenvalue weighted by Crippen LogP contribution is 2.35. The normalized spacial score (nSPS) is 22.1. The minimum Gasteiger partial charge on any atom is -0.481 e. The molecule has 0 saturated carbocycles. The molecule has 1 N–H and O–H groups in total. The van der Waals surface area contributed by atoms with Crippen LogP contribution in [0, 0.1) is 5.41 Å². The van der Waals surface area contributed by atoms with Crippen molar-refractivity contribution >= 4 is 27.8 Å². The van der Waals surface area contributed by atoms with Gasteiger partial charge in [-0.25, -0.2) is 0 Å². The number of hydrogen-bond acceptors (Lipinski definition) is 3. The fourth-order valence-corrected chi connectivity index (χ4v) is 3.35. The predicted molar refractivity (Wildman–Crippen MR) is 82.1 cm³/mol. The van der Waals surface area contributed by atoms with E-state index in [1.54, 1.807) is 17.2 Å². The minimum atomic E-state index is -0.803. The third kappa shape index (κ3) is 3.43. The molecule has 1 saturated heterocycles. The lowest BCUT2D eigenvalue weighted by Gasteiger charge is -2.40. The summed E-state index contributed by atoms with van der Waals surface area (Å²) in [5.41, 5.74) is -0.315. The Balaban J connectivity index is 2.20. The van der Waals surface area contributed by atoms with Gasteiger partial charge in [-0.15, -0.1) is 0 Å². The summed E-state index contributed by atoms with van der Waals surface area (Å²) >= 11 is 3.30. The van der Waals surface area contributed by atoms with E-state index in [1.165, 1.54) is 6.20 Å². The van der Waals surface area contributed by atoms with Crippen molar-refractivity contribution in [2.24, 2.45) is 5.41 Å². The molecular weight excluding hydrogens is 336 g/mol. The van der Waals surface area contributed by atoms with Crippen LogP contribution in [0.2, 0.25) is 0 Å². The lowest BCUT2D eigenvalue weighted by atomic mass is 9.76. The van der Waals surface area contributed by atoms with E-state index in [2.05, 4.69) is 20.9 Å². The smallest absolute Gasteiger partial charge is 0.311 e. The predicted octanol–water partition coefficient (Wildman–Crippen LogP) is 2.95. The van der Waals surface area contributed by atoms with E-state index in [1.807, 2.05) is 6.92 Å². The second kappa shape index (κ2) is 6.56. The van der Waals surface area contributed by atoms with Crippen LogP contribution in [0.5, 0.6) is 0 Å². The lowest BCUT2D eigenvalue weighted by Crippen LogP contribution is -2.49. The van der Waals surface area contributed by atoms with Crippen LogP contribution in [0.3, 0.4) is 0 Å². The van der Waals surface area contributed by atoms with Crippen molar-refractivity contribution in [3.8, 4) is 0 Å². The number of carbonyl (C=O) groups is 2. The minimum absolute atomic E-state index is 0.148. The van der Waals surface area contributed by atoms with E-state index in [-0.39, 0.29) is 12.5 Å². The molecule has 1 fully saturated rings. The van der Waals surface area contributed by atoms with E-state index in [0.29, 0.717) is 24.9 Å². The third-order valence-electron chi connectivity index (χ3n) is 4.00. The molecule has 0 radical (unpaired) electrons. The number of amides is 1. The van der Waals surface area contributed by atoms with Gasteiger partial charge in [0.05, 0.1) is 11.0 Å². The first kappa shape index (κ1) is 15.9. The maximum absolute atomic E-state index is 12.5. The largest absolute Gasteiger partial charge is 0.481 e. The first-order valence-corrected chi connectivity index (χ1v) is 7.91. The van der Waals surface area contributed by atoms with Gasteiger partial charge in [-0.05, 0) is 41.3 Å². The molecule has 1 unspecified atom stereocenters. The number of carboxylic acid groups (broad SMARTS) is 1. The van der Waals surface area contributed by atoms with E-state index in [0.717, 1.165) is 17.3 Å². The Kier molecular flexibility index (Phi) is 4.98. The molecule has 6 heteroatoms. The van der Waals surface area contributed by atoms with Crippen LogP contribution >= 0.6 is 15.9 Å². The topological polar surface area (TPSA) is 70.5 Å². The van der Waals surface area contributed by atoms with Crippen molar-refractivity contribution in [1.82, 2.24) is 9.88 Å². The molecule has 0 aromatic carbocycles. The van der Waals surface area contributed by atoms with Crippen molar-refractivity contribution in [3.05, 3.63) is 28.5 Å². The van der Waals surface area contributed by atoms with E-state index < -0.39 is 11.4 Å². The summed E-state index contributed by atoms with van der Waals surface area (Å²) in [4.78, 5) is 29.9. The van der Waals surface area contributed by atoms with Crippen molar-refractivity contribution in [2.45, 2.75) is 32.6 Å². The second-order valence-corrected chi connectivity index (χ2v) is 6.47. The Morgan fingerprint density at radius 2 is 2.24 bits per heavy atom. The summed E-state index contributed by atoms with van der Waals surface area (Å²) < 4.78 is 0.739. The number of aromatic nitrogens is 1. The summed E-state index contributed by atoms with van der Waals surface area (Å²) in [5, 5.41) is 9.58. The first-order valence-electron chi connectivity index (χ1n) is 7.12. The molecular formula is C15H19BrN2O3. The molecule has 1 aliphatic heterocycles. The Morgan fingerprint density at radius 1 is 1.48 bits per heavy atom. The molecule has 1 amide bonds. The fourth-order valence-electron chi connectivity index (χ4n) is 2.98. The summed E-state index contributed by atoms with van der Waals surface area (Å²) in [6.45, 7) is 2.86. The van der Waals surface area contributed by atoms with Crippen LogP contribution < -0.4 is 0 Å². The second-order valence-electron chi connectivity index (χ2n) is 5.56. The van der Waals surface area contributed by atoms with Gasteiger partial charge in [-0.2, -0.15) is 0 Å². The Labute approximate surface area is 132 Å². The van der Waals surface area contributed by atoms with Crippen molar-refractivity contribution in [2.75, 3.05) is 13.1 Å². The summed E-state index contributed by atoms with van der Waals surface area (Å²) in [6.07, 6.45) is 5.89. The number of pyridine rings is 1. The van der Waals surface area contributed by atoms with Crippen molar-refractivity contribution in [3.63, 3.8) is 0 Å². The number of carbonyl (C=O) groups excluding carboxylic acids is 1. The SMILES string of the molecule is CCCC1(C(=O)O)CCCN(C(=O)c2cncc(Br)c2)C1. The highest BCUT2D eigenvalue weighted by atomic mass is 79.9. The zero-order chi connectivity index (χ0) is 15.5. The molecule has 2 heterocycles. The summed E-state index contributed by atoms with van der Waals surface area (Å²) in [6, 6.07) is 1.71. The quantitative estimate of drug-likeness (QED) is 0.902. The molecule has 0 aliphatic carbocycles. The third-order valence-corrected chi connectivity index (χ3v) is 4.43. The van der Waals surface area contributed by atoms with Gasteiger partial charge in [0.15, 0.2) is 0 Å². The average Bonchev–Trinajstić information content (AvgIpc) is 2.47. The number of carboxylic acids is 1. The van der Waals surface area contributed by atoms with Crippen LogP contribution in [0.4, 0.5) is 0 Å². The molecule has 1 aromatic heterocycles. The van der Waals surface area contributed by atoms with Gasteiger partial charge in [0.1, 0.15) is 0 Å². The molecule has 21 heavy (non-hydrogen) atoms. The van der Waals surface area contributed by atoms with Gasteiger partial charge in [0, 0.05) is 30.0 Å². The van der Waals surface area contributed by atoms with Gasteiger partial charge in [0.25, 0.3) is 5.91 Å². The van der Waals surface area contributed by atoms with Crippen LogP contribution in [-0.4, -0.2) is 40.0 Å². The number of hydrogen-bond donors (Lipinski definition) is 1. The molecule has 1 aromatic rings. The summed E-state index contributed by atoms with van der Waals surface area (Å²) in [7, 11) is 0. The maximum atomic E-state index is 12.5. The maximum Gasteiger partial charge on any atom is 0.311 e. The molecule has 0 spiro atoms. The highest BCUT2D eigenvalue weighted by Gasteiger charge is 2.42. The monoisotopic (exact) mass is 354 g/mol. The van der Waals surface area contributed by atoms with Crippen molar-refractivity contribution < 1.29 is 14.7 Å². The number of likely N-dealkylation sites (tertiary alicyclic amines) is 1. The van der Waals surface area contributed by atoms with Crippen LogP contribution in [-0.2, 0) is 4.79 Å². The Bertz CT molecular complexity index is 545. The number of rotatable bonds is 4. The Morgan fingerprint density at radius 3 is 2.86 bits per heavy atom. The zero-order valence-corrected chi connectivity index (χ0v) is 13.6. The first-order chi connectivity index (χ1) is 9.98. The van der Waals surface area contributed by atoms with Gasteiger partial charge in [-0.3, -0.25) is 14.6 Å². The molecule has 2 rings (SSSR count). The van der Waals surface area contributed by atoms with Gasteiger partial charge in [0.2, 0.25) is 0 Å². The molecule has 0 bridgehead atoms. The highest BCUT2D eigenvalue weighted by molar-refractivity contribution is 9.10. The van der Waals surface area contributed by atoms with Crippen LogP contribution in [0.15, 0.2) is 22.9 Å². The van der Waals surface area contributed by atoms with E-state index >= 15 is 0 Å². The molecule has 5 nitrogen and oxygen atoms in total. The lowest BCUT2D eigenvalue weighted by molar-refractivity contribution is -0.152. The van der Waals surface area contributed by atoms with Crippen molar-refractivity contribution in [1.29, 1.82) is 0 Å². The van der Waals surface area contributed by atoms with Gasteiger partial charge >= 0.3 is 5.97 Å². The molecule has 114 valence electrons. The number of aliphatic carboxylic acids is 1. The molecule has 1 atom stereocenters. The van der Waals surface area contributed by atoms with Gasteiger partial charge in [-0.1, -0.05) is 13.3 Å². The summed E-state index contributed by atoms with van der Waals surface area (Å²) in [5.74, 6) is -0.945. The standard InChI is InChI=1S/C15H19BrN2O3/c1-2-4-15(14(20)21)5-3-6-18(10-15)13(19)11-7-12(16)9-17-8-11/h7-9H,2-6,10H2,1H3,(H,20,21). The number of halogens is 1. The van der Waals surface area contributed by atoms with Gasteiger partial charge < -0.3 is 10.0 Å². The molecule has 1 aliphatic rings. The fraction of sp³-hybridized carbons (Fsp3) is 0.533. The number of nitrogens with zero attached hydrogens (tertiary/aromatic N) is 2. The van der Waals surface area contributed by atoms with E-state index in [4.69, 9.17) is 0 Å². The van der Waals surface area contributed by atoms with Crippen LogP contribution in [0.25, 0.3) is 0 Å². The average molecular weight is 355 g/mol.